The lowest BCUT2D eigenvalue weighted by Crippen LogP contribution is -3.00. The third-order valence-electron chi connectivity index (χ3n) is 7.38. The van der Waals surface area contributed by atoms with Crippen LogP contribution in [0.1, 0.15) is 25.8 Å². The third-order valence-corrected chi connectivity index (χ3v) is 8.88. The van der Waals surface area contributed by atoms with Gasteiger partial charge in [-0.1, -0.05) is 32.2 Å². The molecule has 39 heavy (non-hydrogen) atoms. The number of likely N-dealkylation sites (tertiary alicyclic amines) is 1. The first-order valence-corrected chi connectivity index (χ1v) is 13.7. The number of aromatic nitrogens is 1. The van der Waals surface area contributed by atoms with Crippen LogP contribution >= 0.6 is 11.8 Å². The van der Waals surface area contributed by atoms with Gasteiger partial charge >= 0.3 is 12.1 Å². The van der Waals surface area contributed by atoms with Crippen molar-refractivity contribution in [1.82, 2.24) is 9.80 Å². The van der Waals surface area contributed by atoms with Crippen LogP contribution in [-0.4, -0.2) is 76.1 Å². The van der Waals surface area contributed by atoms with Crippen LogP contribution in [0.15, 0.2) is 60.4 Å². The van der Waals surface area contributed by atoms with Gasteiger partial charge in [-0.25, -0.2) is 14.2 Å². The molecule has 1 aromatic rings. The van der Waals surface area contributed by atoms with Crippen LogP contribution in [0.5, 0.6) is 0 Å². The van der Waals surface area contributed by atoms with E-state index in [2.05, 4.69) is 13.2 Å². The summed E-state index contributed by atoms with van der Waals surface area (Å²) in [4.78, 5) is 43.0. The molecule has 11 heteroatoms. The largest absolute Gasteiger partial charge is 1.00 e. The Morgan fingerprint density at radius 2 is 1.87 bits per heavy atom. The van der Waals surface area contributed by atoms with Gasteiger partial charge in [-0.05, 0) is 25.3 Å². The number of hydrogen-bond acceptors (Lipinski definition) is 7. The highest BCUT2D eigenvalue weighted by molar-refractivity contribution is 8.03. The Morgan fingerprint density at radius 3 is 2.49 bits per heavy atom. The fraction of sp³-hybridized carbons (Fsp3) is 0.500. The van der Waals surface area contributed by atoms with E-state index in [9.17, 15) is 19.5 Å². The van der Waals surface area contributed by atoms with Gasteiger partial charge in [0.2, 0.25) is 5.91 Å². The predicted octanol–water partition coefficient (Wildman–Crippen LogP) is -0.645. The summed E-state index contributed by atoms with van der Waals surface area (Å²) in [5, 5.41) is 10.2. The van der Waals surface area contributed by atoms with Crippen molar-refractivity contribution in [3.63, 3.8) is 0 Å². The zero-order valence-electron chi connectivity index (χ0n) is 22.5. The maximum absolute atomic E-state index is 13.1. The van der Waals surface area contributed by atoms with E-state index in [4.69, 9.17) is 9.47 Å². The van der Waals surface area contributed by atoms with E-state index >= 15 is 0 Å². The number of esters is 1. The molecule has 0 radical (unpaired) electrons. The van der Waals surface area contributed by atoms with Gasteiger partial charge in [-0.15, -0.1) is 11.8 Å². The van der Waals surface area contributed by atoms with E-state index in [-0.39, 0.29) is 72.0 Å². The summed E-state index contributed by atoms with van der Waals surface area (Å²) >= 11 is 1.52. The number of rotatable bonds is 10. The highest BCUT2D eigenvalue weighted by Crippen LogP contribution is 2.52. The lowest BCUT2D eigenvalue weighted by molar-refractivity contribution is -0.671. The van der Waals surface area contributed by atoms with E-state index in [1.807, 2.05) is 43.1 Å². The molecular formula is C28H36IN3O6S. The van der Waals surface area contributed by atoms with Gasteiger partial charge in [0.1, 0.15) is 26.0 Å². The van der Waals surface area contributed by atoms with E-state index < -0.39 is 24.1 Å². The third kappa shape index (κ3) is 6.35. The Bertz CT molecular complexity index is 1140. The molecule has 2 amide bonds. The minimum Gasteiger partial charge on any atom is -1.00 e. The van der Waals surface area contributed by atoms with Crippen LogP contribution in [0.25, 0.3) is 0 Å². The highest BCUT2D eigenvalue weighted by Gasteiger charge is 2.60. The molecule has 0 aromatic carbocycles. The summed E-state index contributed by atoms with van der Waals surface area (Å²) in [6.07, 6.45) is 7.12. The van der Waals surface area contributed by atoms with E-state index in [0.717, 1.165) is 10.5 Å². The molecule has 0 saturated carbocycles. The number of amides is 2. The Kier molecular flexibility index (Phi) is 10.6. The zero-order valence-corrected chi connectivity index (χ0v) is 25.5. The molecule has 212 valence electrons. The lowest BCUT2D eigenvalue weighted by Gasteiger charge is -2.46. The maximum atomic E-state index is 13.1. The van der Waals surface area contributed by atoms with Gasteiger partial charge in [-0.3, -0.25) is 4.79 Å². The normalized spacial score (nSPS) is 26.4. The van der Waals surface area contributed by atoms with Crippen LogP contribution in [0, 0.1) is 11.8 Å². The maximum Gasteiger partial charge on any atom is 0.410 e. The van der Waals surface area contributed by atoms with Crippen molar-refractivity contribution in [3.05, 3.63) is 66.0 Å². The van der Waals surface area contributed by atoms with Crippen LogP contribution in [0.4, 0.5) is 4.79 Å². The zero-order chi connectivity index (χ0) is 27.6. The number of aryl methyl sites for hydroxylation is 1. The monoisotopic (exact) mass is 669 g/mol. The number of thioether (sulfide) groups is 1. The molecule has 0 bridgehead atoms. The number of fused-ring (bicyclic) bond motifs is 1. The molecule has 1 aromatic heterocycles. The van der Waals surface area contributed by atoms with E-state index in [1.54, 1.807) is 17.9 Å². The van der Waals surface area contributed by atoms with E-state index in [0.29, 0.717) is 19.4 Å². The molecule has 0 aliphatic carbocycles. The Labute approximate surface area is 250 Å². The molecule has 9 nitrogen and oxygen atoms in total. The quantitative estimate of drug-likeness (QED) is 0.116. The van der Waals surface area contributed by atoms with Crippen LogP contribution in [-0.2, 0) is 32.5 Å². The van der Waals surface area contributed by atoms with Crippen LogP contribution in [0.3, 0.4) is 0 Å². The average Bonchev–Trinajstić information content (AvgIpc) is 3.38. The summed E-state index contributed by atoms with van der Waals surface area (Å²) in [7, 11) is 1.95. The van der Waals surface area contributed by atoms with Crippen LogP contribution in [0.2, 0.25) is 0 Å². The standard InChI is InChI=1S/C28H36N3O6S.HI/c1-6-12-36-27(34)24-25(17(3)23-22(18(4)32)26(33)31(23)24)38-21-15-20(14-19-8-10-29(5)11-9-19)30(16-21)28(35)37-13-7-2;/h6-11,17-18,20-23,32H,1-2,12-16H2,3-5H3;1H/q+1;/p-1/t17-,18-,20-,21+,22-,23-;/m1./s1. The van der Waals surface area contributed by atoms with Gasteiger partial charge in [0.15, 0.2) is 12.4 Å². The van der Waals surface area contributed by atoms with Gasteiger partial charge < -0.3 is 48.4 Å². The van der Waals surface area contributed by atoms with Gasteiger partial charge in [-0.2, -0.15) is 0 Å². The summed E-state index contributed by atoms with van der Waals surface area (Å²) < 4.78 is 12.7. The topological polar surface area (TPSA) is 100 Å². The summed E-state index contributed by atoms with van der Waals surface area (Å²) in [6, 6.07) is 3.69. The molecule has 3 aliphatic rings. The number of carbonyl (C=O) groups excluding carboxylic acids is 3. The number of ether oxygens (including phenoxy) is 2. The van der Waals surface area contributed by atoms with E-state index in [1.165, 1.54) is 22.7 Å². The van der Waals surface area contributed by atoms with Gasteiger partial charge in [0.25, 0.3) is 0 Å². The fourth-order valence-electron chi connectivity index (χ4n) is 5.58. The Balaban J connectivity index is 0.00000420. The van der Waals surface area contributed by atoms with Crippen molar-refractivity contribution in [2.45, 2.75) is 50.1 Å². The molecule has 4 heterocycles. The first-order valence-electron chi connectivity index (χ1n) is 12.9. The lowest BCUT2D eigenvalue weighted by atomic mass is 9.79. The number of β-lactam (4-membered cyclic amide) rings is 1. The molecule has 3 aliphatic heterocycles. The first kappa shape index (κ1) is 31.2. The number of aliphatic hydroxyl groups is 1. The summed E-state index contributed by atoms with van der Waals surface area (Å²) in [5.74, 6) is -1.56. The molecule has 4 rings (SSSR count). The number of aliphatic hydroxyl groups excluding tert-OH is 1. The minimum atomic E-state index is -0.820. The molecular weight excluding hydrogens is 633 g/mol. The average molecular weight is 670 g/mol. The summed E-state index contributed by atoms with van der Waals surface area (Å²) in [6.45, 7) is 11.4. The predicted molar refractivity (Wildman–Crippen MR) is 143 cm³/mol. The second-order valence-electron chi connectivity index (χ2n) is 10.1. The Hall–Kier alpha value is -2.38. The molecule has 6 atom stereocenters. The van der Waals surface area contributed by atoms with Crippen LogP contribution < -0.4 is 28.5 Å². The molecule has 0 spiro atoms. The smallest absolute Gasteiger partial charge is 0.410 e. The van der Waals surface area contributed by atoms with Crippen molar-refractivity contribution < 1.29 is 57.5 Å². The molecule has 1 N–H and O–H groups in total. The number of nitrogens with zero attached hydrogens (tertiary/aromatic N) is 3. The van der Waals surface area contributed by atoms with Gasteiger partial charge in [0.05, 0.1) is 18.1 Å². The second-order valence-corrected chi connectivity index (χ2v) is 11.4. The molecule has 0 unspecified atom stereocenters. The van der Waals surface area contributed by atoms with Gasteiger partial charge in [0, 0.05) is 40.8 Å². The number of hydrogen-bond donors (Lipinski definition) is 1. The Morgan fingerprint density at radius 1 is 1.23 bits per heavy atom. The fourth-order valence-corrected chi connectivity index (χ4v) is 7.14. The second kappa shape index (κ2) is 13.3. The number of carbonyl (C=O) groups is 3. The molecule has 2 saturated heterocycles. The van der Waals surface area contributed by atoms with Crippen molar-refractivity contribution in [2.75, 3.05) is 19.8 Å². The SMILES string of the molecule is C=CCOC(=O)C1=C(S[C@H]2C[C@@H](Cc3cc[n+](C)cc3)N(C(=O)OCC=C)C2)[C@H](C)[C@@H]2[C@@H]([C@@H](C)O)C(=O)N12.[I-]. The molecule has 2 fully saturated rings. The van der Waals surface area contributed by atoms with Crippen molar-refractivity contribution in [3.8, 4) is 0 Å². The minimum absolute atomic E-state index is 0. The first-order chi connectivity index (χ1) is 18.2. The van der Waals surface area contributed by atoms with Crippen molar-refractivity contribution in [1.29, 1.82) is 0 Å². The highest BCUT2D eigenvalue weighted by atomic mass is 127. The number of pyridine rings is 1. The van der Waals surface area contributed by atoms with Crippen molar-refractivity contribution in [2.24, 2.45) is 18.9 Å². The van der Waals surface area contributed by atoms with Crippen molar-refractivity contribution >= 4 is 29.7 Å². The summed E-state index contributed by atoms with van der Waals surface area (Å²) in [5.41, 5.74) is 1.35. The number of halogens is 1.